The molecule has 0 bridgehead atoms. The Balaban J connectivity index is 1.65. The van der Waals surface area contributed by atoms with Gasteiger partial charge in [-0.25, -0.2) is 0 Å². The van der Waals surface area contributed by atoms with Crippen LogP contribution >= 0.6 is 0 Å². The van der Waals surface area contributed by atoms with Gasteiger partial charge in [-0.3, -0.25) is 9.69 Å². The van der Waals surface area contributed by atoms with E-state index in [1.165, 1.54) is 0 Å². The highest BCUT2D eigenvalue weighted by Crippen LogP contribution is 2.37. The quantitative estimate of drug-likeness (QED) is 0.613. The second-order valence-corrected chi connectivity index (χ2v) is 7.33. The predicted molar refractivity (Wildman–Crippen MR) is 118 cm³/mol. The zero-order chi connectivity index (χ0) is 20.9. The molecule has 4 rings (SSSR count). The number of carbonyl (C=O) groups is 1. The largest absolute Gasteiger partial charge is 0.489 e. The van der Waals surface area contributed by atoms with Crippen molar-refractivity contribution in [3.05, 3.63) is 102 Å². The van der Waals surface area contributed by atoms with Crippen molar-refractivity contribution in [3.8, 4) is 5.75 Å². The highest BCUT2D eigenvalue weighted by atomic mass is 16.5. The Morgan fingerprint density at radius 3 is 2.43 bits per heavy atom. The van der Waals surface area contributed by atoms with E-state index in [4.69, 9.17) is 4.74 Å². The normalized spacial score (nSPS) is 15.1. The van der Waals surface area contributed by atoms with E-state index in [9.17, 15) is 9.90 Å². The Bertz CT molecular complexity index is 1050. The fraction of sp³-hybridized carbons (Fsp3) is 0.160. The molecule has 152 valence electrons. The first-order valence-electron chi connectivity index (χ1n) is 9.87. The molecule has 5 nitrogen and oxygen atoms in total. The third kappa shape index (κ3) is 4.53. The number of fused-ring (bicyclic) bond motifs is 1. The molecule has 3 aromatic rings. The molecule has 1 atom stereocenters. The van der Waals surface area contributed by atoms with Gasteiger partial charge in [0.05, 0.1) is 12.7 Å². The van der Waals surface area contributed by atoms with Crippen molar-refractivity contribution < 1.29 is 14.6 Å². The molecule has 30 heavy (non-hydrogen) atoms. The first-order valence-corrected chi connectivity index (χ1v) is 9.87. The van der Waals surface area contributed by atoms with E-state index in [1.807, 2.05) is 66.7 Å². The molecule has 0 spiro atoms. The summed E-state index contributed by atoms with van der Waals surface area (Å²) in [6.45, 7) is 0.450. The number of carboxylic acid groups (broad SMARTS) is 1. The lowest BCUT2D eigenvalue weighted by Gasteiger charge is -2.32. The van der Waals surface area contributed by atoms with Gasteiger partial charge in [0.15, 0.2) is 0 Å². The van der Waals surface area contributed by atoms with Crippen LogP contribution in [-0.2, 0) is 11.4 Å². The van der Waals surface area contributed by atoms with Crippen molar-refractivity contribution in [1.29, 1.82) is 0 Å². The van der Waals surface area contributed by atoms with Crippen LogP contribution in [0.3, 0.4) is 0 Å². The molecule has 0 radical (unpaired) electrons. The average Bonchev–Trinajstić information content (AvgIpc) is 2.77. The summed E-state index contributed by atoms with van der Waals surface area (Å²) < 4.78 is 6.03. The van der Waals surface area contributed by atoms with E-state index in [-0.39, 0.29) is 12.7 Å². The van der Waals surface area contributed by atoms with Crippen LogP contribution in [0.25, 0.3) is 5.57 Å². The lowest BCUT2D eigenvalue weighted by atomic mass is 9.92. The maximum atomic E-state index is 11.2. The molecule has 0 saturated heterocycles. The lowest BCUT2D eigenvalue weighted by Crippen LogP contribution is -2.41. The van der Waals surface area contributed by atoms with Gasteiger partial charge in [-0.05, 0) is 48.0 Å². The number of nitrogens with one attached hydrogen (secondary N) is 1. The second kappa shape index (κ2) is 8.84. The Hall–Kier alpha value is -3.57. The number of anilines is 1. The van der Waals surface area contributed by atoms with Crippen LogP contribution in [-0.4, -0.2) is 35.7 Å². The summed E-state index contributed by atoms with van der Waals surface area (Å²) in [5.74, 6) is -0.0667. The van der Waals surface area contributed by atoms with Crippen LogP contribution in [0.15, 0.2) is 84.9 Å². The highest BCUT2D eigenvalue weighted by molar-refractivity contribution is 5.89. The zero-order valence-electron chi connectivity index (χ0n) is 16.8. The highest BCUT2D eigenvalue weighted by Gasteiger charge is 2.24. The molecule has 0 aromatic heterocycles. The number of ether oxygens (including phenoxy) is 1. The smallest absolute Gasteiger partial charge is 0.317 e. The van der Waals surface area contributed by atoms with Crippen molar-refractivity contribution in [3.63, 3.8) is 0 Å². The van der Waals surface area contributed by atoms with E-state index in [0.717, 1.165) is 33.7 Å². The van der Waals surface area contributed by atoms with Crippen LogP contribution in [0.1, 0.15) is 16.7 Å². The third-order valence-corrected chi connectivity index (χ3v) is 5.10. The summed E-state index contributed by atoms with van der Waals surface area (Å²) in [6.07, 6.45) is 1.85. The van der Waals surface area contributed by atoms with Gasteiger partial charge in [0.2, 0.25) is 0 Å². The maximum Gasteiger partial charge on any atom is 0.317 e. The van der Waals surface area contributed by atoms with Gasteiger partial charge < -0.3 is 15.2 Å². The van der Waals surface area contributed by atoms with Crippen LogP contribution in [0.4, 0.5) is 5.69 Å². The minimum atomic E-state index is -0.857. The molecule has 0 amide bonds. The molecule has 5 heteroatoms. The van der Waals surface area contributed by atoms with E-state index < -0.39 is 5.97 Å². The van der Waals surface area contributed by atoms with Crippen molar-refractivity contribution in [1.82, 2.24) is 4.90 Å². The van der Waals surface area contributed by atoms with Gasteiger partial charge in [0.1, 0.15) is 12.4 Å². The third-order valence-electron chi connectivity index (χ3n) is 5.10. The van der Waals surface area contributed by atoms with E-state index in [0.29, 0.717) is 6.61 Å². The molecule has 0 fully saturated rings. The number of nitrogens with zero attached hydrogens (tertiary/aromatic N) is 1. The lowest BCUT2D eigenvalue weighted by molar-refractivity contribution is -0.138. The Kier molecular flexibility index (Phi) is 5.82. The summed E-state index contributed by atoms with van der Waals surface area (Å²) in [6, 6.07) is 26.2. The van der Waals surface area contributed by atoms with E-state index >= 15 is 0 Å². The van der Waals surface area contributed by atoms with Gasteiger partial charge in [-0.15, -0.1) is 0 Å². The summed E-state index contributed by atoms with van der Waals surface area (Å²) in [7, 11) is 1.80. The topological polar surface area (TPSA) is 61.8 Å². The molecule has 2 N–H and O–H groups in total. The summed E-state index contributed by atoms with van der Waals surface area (Å²) in [4.78, 5) is 12.9. The van der Waals surface area contributed by atoms with Crippen molar-refractivity contribution in [2.24, 2.45) is 0 Å². The number of hydrogen-bond donors (Lipinski definition) is 2. The van der Waals surface area contributed by atoms with Crippen LogP contribution < -0.4 is 10.1 Å². The number of hydrogen-bond acceptors (Lipinski definition) is 4. The predicted octanol–water partition coefficient (Wildman–Crippen LogP) is 4.47. The number of benzene rings is 3. The monoisotopic (exact) mass is 400 g/mol. The standard InChI is InChI=1S/C25H24N2O3/c1-27(16-25(28)29)24-15-21(19-10-6-3-7-11-19)22-14-20(12-13-23(22)26-24)30-17-18-8-4-2-5-9-18/h2-15,24,26H,16-17H2,1H3,(H,28,29). The minimum absolute atomic E-state index is 0.0517. The average molecular weight is 400 g/mol. The molecular formula is C25H24N2O3. The Morgan fingerprint density at radius 1 is 1.03 bits per heavy atom. The summed E-state index contributed by atoms with van der Waals surface area (Å²) >= 11 is 0. The van der Waals surface area contributed by atoms with E-state index in [2.05, 4.69) is 23.5 Å². The molecule has 1 aliphatic rings. The van der Waals surface area contributed by atoms with Gasteiger partial charge in [0.25, 0.3) is 0 Å². The maximum absolute atomic E-state index is 11.2. The molecule has 0 aliphatic carbocycles. The van der Waals surface area contributed by atoms with Crippen LogP contribution in [0.2, 0.25) is 0 Å². The van der Waals surface area contributed by atoms with Crippen molar-refractivity contribution in [2.75, 3.05) is 18.9 Å². The molecular weight excluding hydrogens is 376 g/mol. The van der Waals surface area contributed by atoms with Crippen LogP contribution in [0.5, 0.6) is 5.75 Å². The summed E-state index contributed by atoms with van der Waals surface area (Å²) in [5, 5.41) is 12.6. The van der Waals surface area contributed by atoms with Crippen molar-refractivity contribution >= 4 is 17.2 Å². The summed E-state index contributed by atoms with van der Waals surface area (Å²) in [5.41, 5.74) is 5.23. The van der Waals surface area contributed by atoms with Gasteiger partial charge in [-0.1, -0.05) is 60.7 Å². The SMILES string of the molecule is CN(CC(=O)O)C1C=C(c2ccccc2)c2cc(OCc3ccccc3)ccc2N1. The number of likely N-dealkylation sites (N-methyl/N-ethyl adjacent to an activating group) is 1. The molecule has 1 heterocycles. The number of carboxylic acids is 1. The second-order valence-electron chi connectivity index (χ2n) is 7.33. The Labute approximate surface area is 176 Å². The van der Waals surface area contributed by atoms with Gasteiger partial charge >= 0.3 is 5.97 Å². The van der Waals surface area contributed by atoms with Gasteiger partial charge in [-0.2, -0.15) is 0 Å². The fourth-order valence-corrected chi connectivity index (χ4v) is 3.57. The molecule has 0 saturated carbocycles. The fourth-order valence-electron chi connectivity index (χ4n) is 3.57. The first kappa shape index (κ1) is 19.7. The zero-order valence-corrected chi connectivity index (χ0v) is 16.8. The number of rotatable bonds is 7. The molecule has 1 aliphatic heterocycles. The van der Waals surface area contributed by atoms with Crippen LogP contribution in [0, 0.1) is 0 Å². The molecule has 1 unspecified atom stereocenters. The molecule has 3 aromatic carbocycles. The van der Waals surface area contributed by atoms with Gasteiger partial charge in [0, 0.05) is 11.3 Å². The van der Waals surface area contributed by atoms with Crippen molar-refractivity contribution in [2.45, 2.75) is 12.8 Å². The Morgan fingerprint density at radius 2 is 1.73 bits per heavy atom. The van der Waals surface area contributed by atoms with E-state index in [1.54, 1.807) is 11.9 Å². The number of aliphatic carboxylic acids is 1. The minimum Gasteiger partial charge on any atom is -0.489 e. The first-order chi connectivity index (χ1) is 14.6.